The molecule has 0 bridgehead atoms. The molecule has 3 aromatic rings. The zero-order valence-electron chi connectivity index (χ0n) is 16.3. The Labute approximate surface area is 183 Å². The number of nitrogens with one attached hydrogen (secondary N) is 2. The van der Waals surface area contributed by atoms with E-state index in [1.54, 1.807) is 49.0 Å². The van der Waals surface area contributed by atoms with Gasteiger partial charge in [-0.1, -0.05) is 30.3 Å². The molecule has 0 spiro atoms. The number of ether oxygens (including phenoxy) is 1. The first kappa shape index (κ1) is 21.5. The highest BCUT2D eigenvalue weighted by atomic mass is 79.9. The molecule has 30 heavy (non-hydrogen) atoms. The highest BCUT2D eigenvalue weighted by Crippen LogP contribution is 2.25. The van der Waals surface area contributed by atoms with Crippen molar-refractivity contribution in [3.63, 3.8) is 0 Å². The first-order valence-electron chi connectivity index (χ1n) is 9.27. The third kappa shape index (κ3) is 5.25. The Balaban J connectivity index is 1.66. The van der Waals surface area contributed by atoms with Crippen molar-refractivity contribution in [1.82, 2.24) is 10.8 Å². The Morgan fingerprint density at radius 2 is 1.57 bits per heavy atom. The summed E-state index contributed by atoms with van der Waals surface area (Å²) >= 11 is 3.46. The van der Waals surface area contributed by atoms with Crippen LogP contribution in [0.2, 0.25) is 0 Å². The molecule has 0 fully saturated rings. The number of benzene rings is 3. The first-order chi connectivity index (χ1) is 14.5. The Kier molecular flexibility index (Phi) is 7.21. The number of carbonyl (C=O) groups excluding carboxylic acids is 2. The van der Waals surface area contributed by atoms with Crippen LogP contribution in [-0.4, -0.2) is 30.7 Å². The summed E-state index contributed by atoms with van der Waals surface area (Å²) in [5.74, 6) is 0.00439. The van der Waals surface area contributed by atoms with Crippen LogP contribution in [0.15, 0.2) is 71.2 Å². The molecule has 0 atom stereocenters. The minimum absolute atomic E-state index is 0.173. The molecule has 0 radical (unpaired) electrons. The predicted molar refractivity (Wildman–Crippen MR) is 118 cm³/mol. The number of hydroxylamine groups is 1. The summed E-state index contributed by atoms with van der Waals surface area (Å²) < 4.78 is 6.10. The Morgan fingerprint density at radius 3 is 2.13 bits per heavy atom. The Morgan fingerprint density at radius 1 is 0.933 bits per heavy atom. The number of amides is 2. The van der Waals surface area contributed by atoms with Crippen LogP contribution in [0.5, 0.6) is 5.75 Å². The molecule has 3 aromatic carbocycles. The van der Waals surface area contributed by atoms with Gasteiger partial charge in [-0.15, -0.1) is 0 Å². The maximum absolute atomic E-state index is 12.6. The Hall–Kier alpha value is -3.16. The maximum Gasteiger partial charge on any atom is 0.274 e. The van der Waals surface area contributed by atoms with Gasteiger partial charge in [-0.05, 0) is 75.4 Å². The van der Waals surface area contributed by atoms with Crippen LogP contribution in [0.25, 0.3) is 11.1 Å². The number of hydrogen-bond donors (Lipinski definition) is 3. The third-order valence-electron chi connectivity index (χ3n) is 4.60. The van der Waals surface area contributed by atoms with E-state index in [0.29, 0.717) is 24.1 Å². The standard InChI is InChI=1S/C23H21BrN2O4/c1-30-21-9-8-15(12-20(21)24)10-11-25-22(27)18-6-2-4-16(13-18)17-5-3-7-19(14-17)23(28)26-29/h2-9,12-14,29H,10-11H2,1H3,(H,25,27)(H,26,28). The number of hydrogen-bond acceptors (Lipinski definition) is 4. The normalized spacial score (nSPS) is 10.4. The second-order valence-corrected chi connectivity index (χ2v) is 7.43. The molecule has 0 saturated carbocycles. The monoisotopic (exact) mass is 468 g/mol. The number of methoxy groups -OCH3 is 1. The minimum Gasteiger partial charge on any atom is -0.496 e. The van der Waals surface area contributed by atoms with E-state index in [1.807, 2.05) is 30.3 Å². The van der Waals surface area contributed by atoms with Crippen molar-refractivity contribution in [1.29, 1.82) is 0 Å². The molecule has 3 rings (SSSR count). The fourth-order valence-corrected chi connectivity index (χ4v) is 3.62. The van der Waals surface area contributed by atoms with Crippen LogP contribution in [-0.2, 0) is 6.42 Å². The van der Waals surface area contributed by atoms with E-state index in [4.69, 9.17) is 9.94 Å². The summed E-state index contributed by atoms with van der Waals surface area (Å²) in [7, 11) is 1.62. The fraction of sp³-hybridized carbons (Fsp3) is 0.130. The molecule has 0 saturated heterocycles. The van der Waals surface area contributed by atoms with E-state index >= 15 is 0 Å². The van der Waals surface area contributed by atoms with Gasteiger partial charge in [-0.2, -0.15) is 0 Å². The number of halogens is 1. The lowest BCUT2D eigenvalue weighted by Crippen LogP contribution is -2.25. The van der Waals surface area contributed by atoms with Crippen molar-refractivity contribution in [3.8, 4) is 16.9 Å². The lowest BCUT2D eigenvalue weighted by Gasteiger charge is -2.09. The molecule has 0 unspecified atom stereocenters. The van der Waals surface area contributed by atoms with Crippen LogP contribution in [0, 0.1) is 0 Å². The molecular formula is C23H21BrN2O4. The SMILES string of the molecule is COc1ccc(CCNC(=O)c2cccc(-c3cccc(C(=O)NO)c3)c2)cc1Br. The van der Waals surface area contributed by atoms with E-state index in [-0.39, 0.29) is 5.91 Å². The lowest BCUT2D eigenvalue weighted by atomic mass is 10.0. The van der Waals surface area contributed by atoms with Crippen LogP contribution in [0.3, 0.4) is 0 Å². The topological polar surface area (TPSA) is 87.7 Å². The fourth-order valence-electron chi connectivity index (χ4n) is 3.03. The van der Waals surface area contributed by atoms with E-state index in [2.05, 4.69) is 21.2 Å². The summed E-state index contributed by atoms with van der Waals surface area (Å²) in [6.07, 6.45) is 0.687. The third-order valence-corrected chi connectivity index (χ3v) is 5.22. The van der Waals surface area contributed by atoms with Crippen molar-refractivity contribution >= 4 is 27.7 Å². The molecule has 154 valence electrons. The average Bonchev–Trinajstić information content (AvgIpc) is 2.78. The molecule has 0 heterocycles. The number of rotatable bonds is 7. The van der Waals surface area contributed by atoms with Crippen LogP contribution >= 0.6 is 15.9 Å². The maximum atomic E-state index is 12.6. The van der Waals surface area contributed by atoms with Crippen molar-refractivity contribution in [3.05, 3.63) is 87.9 Å². The second kappa shape index (κ2) is 10.0. The molecule has 3 N–H and O–H groups in total. The summed E-state index contributed by atoms with van der Waals surface area (Å²) in [5, 5.41) is 11.7. The summed E-state index contributed by atoms with van der Waals surface area (Å²) in [6, 6.07) is 19.8. The van der Waals surface area contributed by atoms with Gasteiger partial charge in [0.15, 0.2) is 0 Å². The first-order valence-corrected chi connectivity index (χ1v) is 10.1. The molecule has 0 aliphatic rings. The van der Waals surface area contributed by atoms with Gasteiger partial charge in [-0.3, -0.25) is 14.8 Å². The van der Waals surface area contributed by atoms with Gasteiger partial charge < -0.3 is 10.1 Å². The van der Waals surface area contributed by atoms with Gasteiger partial charge in [0.1, 0.15) is 5.75 Å². The minimum atomic E-state index is -0.587. The average molecular weight is 469 g/mol. The highest BCUT2D eigenvalue weighted by molar-refractivity contribution is 9.10. The smallest absolute Gasteiger partial charge is 0.274 e. The van der Waals surface area contributed by atoms with Gasteiger partial charge in [0.25, 0.3) is 11.8 Å². The quantitative estimate of drug-likeness (QED) is 0.357. The lowest BCUT2D eigenvalue weighted by molar-refractivity contribution is 0.0706. The zero-order valence-corrected chi connectivity index (χ0v) is 17.9. The Bertz CT molecular complexity index is 1070. The molecule has 7 heteroatoms. The van der Waals surface area contributed by atoms with Crippen LogP contribution < -0.4 is 15.5 Å². The summed E-state index contributed by atoms with van der Waals surface area (Å²) in [6.45, 7) is 0.494. The summed E-state index contributed by atoms with van der Waals surface area (Å²) in [4.78, 5) is 24.2. The molecule has 6 nitrogen and oxygen atoms in total. The molecule has 0 aromatic heterocycles. The van der Waals surface area contributed by atoms with Crippen molar-refractivity contribution < 1.29 is 19.5 Å². The zero-order chi connectivity index (χ0) is 21.5. The van der Waals surface area contributed by atoms with Crippen molar-refractivity contribution in [2.24, 2.45) is 0 Å². The van der Waals surface area contributed by atoms with Gasteiger partial charge in [-0.25, -0.2) is 5.48 Å². The van der Waals surface area contributed by atoms with Gasteiger partial charge in [0.05, 0.1) is 11.6 Å². The van der Waals surface area contributed by atoms with Gasteiger partial charge in [0.2, 0.25) is 0 Å². The van der Waals surface area contributed by atoms with Crippen molar-refractivity contribution in [2.45, 2.75) is 6.42 Å². The van der Waals surface area contributed by atoms with E-state index in [0.717, 1.165) is 26.9 Å². The van der Waals surface area contributed by atoms with Gasteiger partial charge in [0, 0.05) is 17.7 Å². The van der Waals surface area contributed by atoms with Crippen LogP contribution in [0.4, 0.5) is 0 Å². The van der Waals surface area contributed by atoms with Gasteiger partial charge >= 0.3 is 0 Å². The van der Waals surface area contributed by atoms with E-state index in [9.17, 15) is 9.59 Å². The highest BCUT2D eigenvalue weighted by Gasteiger charge is 2.10. The van der Waals surface area contributed by atoms with E-state index in [1.165, 1.54) is 0 Å². The molecular weight excluding hydrogens is 448 g/mol. The van der Waals surface area contributed by atoms with Crippen molar-refractivity contribution in [2.75, 3.05) is 13.7 Å². The largest absolute Gasteiger partial charge is 0.496 e. The molecule has 0 aliphatic carbocycles. The number of carbonyl (C=O) groups is 2. The second-order valence-electron chi connectivity index (χ2n) is 6.58. The van der Waals surface area contributed by atoms with Crippen LogP contribution in [0.1, 0.15) is 26.3 Å². The summed E-state index contributed by atoms with van der Waals surface area (Å²) in [5.41, 5.74) is 5.13. The molecule has 0 aliphatic heterocycles. The predicted octanol–water partition coefficient (Wildman–Crippen LogP) is 4.22. The van der Waals surface area contributed by atoms with E-state index < -0.39 is 5.91 Å². The molecule has 2 amide bonds.